The highest BCUT2D eigenvalue weighted by Crippen LogP contribution is 1.91. The summed E-state index contributed by atoms with van der Waals surface area (Å²) < 4.78 is 1.87. The molecule has 0 unspecified atom stereocenters. The zero-order valence-electron chi connectivity index (χ0n) is 3.53. The van der Waals surface area contributed by atoms with Crippen molar-refractivity contribution < 1.29 is 0 Å². The monoisotopic (exact) mass is 195 g/mol. The number of halogens is 1. The number of hydrogen-bond donors (Lipinski definition) is 1. The summed E-state index contributed by atoms with van der Waals surface area (Å²) >= 11 is 2.10. The Morgan fingerprint density at radius 1 is 1.83 bits per heavy atom. The molecule has 0 aromatic heterocycles. The van der Waals surface area contributed by atoms with E-state index in [0.717, 1.165) is 5.57 Å². The second-order valence-corrected chi connectivity index (χ2v) is 1.62. The summed E-state index contributed by atoms with van der Waals surface area (Å²) in [4.78, 5) is 0. The predicted octanol–water partition coefficient (Wildman–Crippen LogP) is 1.97. The molecule has 0 aliphatic carbocycles. The highest BCUT2D eigenvalue weighted by atomic mass is 127. The number of allylic oxidation sites excluding steroid dienone is 1. The number of hydrogen-bond acceptors (Lipinski definition) is 1. The van der Waals surface area contributed by atoms with Crippen molar-refractivity contribution >= 4 is 28.8 Å². The minimum absolute atomic E-state index is 0.996. The van der Waals surface area contributed by atoms with Crippen LogP contribution < -0.4 is 0 Å². The predicted molar refractivity (Wildman–Crippen MR) is 36.6 cm³/mol. The van der Waals surface area contributed by atoms with E-state index in [0.29, 0.717) is 0 Å². The van der Waals surface area contributed by atoms with Crippen LogP contribution in [0.5, 0.6) is 0 Å². The van der Waals surface area contributed by atoms with Gasteiger partial charge in [-0.25, -0.2) is 0 Å². The third kappa shape index (κ3) is 2.38. The summed E-state index contributed by atoms with van der Waals surface area (Å²) in [6, 6.07) is 0. The van der Waals surface area contributed by atoms with Crippen LogP contribution in [0, 0.1) is 5.41 Å². The SMILES string of the molecule is C/C(C=N)=C\I. The van der Waals surface area contributed by atoms with Crippen molar-refractivity contribution in [2.75, 3.05) is 0 Å². The minimum atomic E-state index is 0.996. The van der Waals surface area contributed by atoms with Crippen molar-refractivity contribution in [1.82, 2.24) is 0 Å². The standard InChI is InChI=1S/C4H6IN/c1-4(2-5)3-6/h2-3,6H,1H3/b4-2+,6-3?. The van der Waals surface area contributed by atoms with Gasteiger partial charge in [-0.15, -0.1) is 0 Å². The lowest BCUT2D eigenvalue weighted by molar-refractivity contribution is 1.52. The van der Waals surface area contributed by atoms with E-state index >= 15 is 0 Å². The molecule has 0 heterocycles. The van der Waals surface area contributed by atoms with Crippen LogP contribution in [0.4, 0.5) is 0 Å². The first kappa shape index (κ1) is 6.14. The molecule has 0 aliphatic rings. The quantitative estimate of drug-likeness (QED) is 0.488. The first-order chi connectivity index (χ1) is 2.81. The summed E-state index contributed by atoms with van der Waals surface area (Å²) in [5.74, 6) is 0. The van der Waals surface area contributed by atoms with Crippen LogP contribution in [-0.2, 0) is 0 Å². The Labute approximate surface area is 51.1 Å². The van der Waals surface area contributed by atoms with Crippen LogP contribution in [0.25, 0.3) is 0 Å². The topological polar surface area (TPSA) is 23.9 Å². The fraction of sp³-hybridized carbons (Fsp3) is 0.250. The highest BCUT2D eigenvalue weighted by molar-refractivity contribution is 14.1. The van der Waals surface area contributed by atoms with E-state index in [1.807, 2.05) is 11.0 Å². The second kappa shape index (κ2) is 3.33. The van der Waals surface area contributed by atoms with Gasteiger partial charge in [0.15, 0.2) is 0 Å². The van der Waals surface area contributed by atoms with E-state index in [4.69, 9.17) is 5.41 Å². The summed E-state index contributed by atoms with van der Waals surface area (Å²) in [6.45, 7) is 1.89. The van der Waals surface area contributed by atoms with Crippen molar-refractivity contribution in [3.05, 3.63) is 9.66 Å². The fourth-order valence-electron chi connectivity index (χ4n) is 0.0315. The van der Waals surface area contributed by atoms with E-state index in [1.165, 1.54) is 6.21 Å². The molecular weight excluding hydrogens is 189 g/mol. The van der Waals surface area contributed by atoms with Crippen LogP contribution in [-0.4, -0.2) is 6.21 Å². The molecule has 0 atom stereocenters. The molecule has 0 amide bonds. The Balaban J connectivity index is 3.50. The first-order valence-electron chi connectivity index (χ1n) is 1.58. The third-order valence-corrected chi connectivity index (χ3v) is 1.38. The Hall–Kier alpha value is 0.140. The highest BCUT2D eigenvalue weighted by Gasteiger charge is 1.69. The molecule has 0 aliphatic heterocycles. The molecule has 2 heteroatoms. The maximum Gasteiger partial charge on any atom is 0.0211 e. The van der Waals surface area contributed by atoms with Crippen LogP contribution in [0.1, 0.15) is 6.92 Å². The molecule has 1 nitrogen and oxygen atoms in total. The average molecular weight is 195 g/mol. The van der Waals surface area contributed by atoms with Crippen LogP contribution in [0.3, 0.4) is 0 Å². The zero-order valence-corrected chi connectivity index (χ0v) is 5.69. The average Bonchev–Trinajstić information content (AvgIpc) is 1.65. The van der Waals surface area contributed by atoms with Crippen molar-refractivity contribution in [2.45, 2.75) is 6.92 Å². The molecule has 0 aromatic rings. The maximum absolute atomic E-state index is 6.61. The van der Waals surface area contributed by atoms with E-state index in [2.05, 4.69) is 22.6 Å². The van der Waals surface area contributed by atoms with Gasteiger partial charge < -0.3 is 5.41 Å². The van der Waals surface area contributed by atoms with Crippen LogP contribution in [0.15, 0.2) is 9.66 Å². The maximum atomic E-state index is 6.61. The molecule has 0 aromatic carbocycles. The normalized spacial score (nSPS) is 11.3. The van der Waals surface area contributed by atoms with Gasteiger partial charge in [0.05, 0.1) is 0 Å². The third-order valence-electron chi connectivity index (χ3n) is 0.400. The zero-order chi connectivity index (χ0) is 4.99. The summed E-state index contributed by atoms with van der Waals surface area (Å²) in [5.41, 5.74) is 0.996. The van der Waals surface area contributed by atoms with Gasteiger partial charge in [-0.2, -0.15) is 0 Å². The lowest BCUT2D eigenvalue weighted by Gasteiger charge is -1.75. The molecule has 0 saturated carbocycles. The molecule has 6 heavy (non-hydrogen) atoms. The largest absolute Gasteiger partial charge is 0.308 e. The Bertz CT molecular complexity index is 75.6. The Kier molecular flexibility index (Phi) is 3.41. The van der Waals surface area contributed by atoms with Gasteiger partial charge in [0, 0.05) is 6.21 Å². The smallest absolute Gasteiger partial charge is 0.0211 e. The number of rotatable bonds is 1. The first-order valence-corrected chi connectivity index (χ1v) is 2.83. The second-order valence-electron chi connectivity index (χ2n) is 0.997. The van der Waals surface area contributed by atoms with Gasteiger partial charge in [0.1, 0.15) is 0 Å². The fourth-order valence-corrected chi connectivity index (χ4v) is 0.211. The molecule has 0 fully saturated rings. The molecule has 0 spiro atoms. The lowest BCUT2D eigenvalue weighted by atomic mass is 10.4. The van der Waals surface area contributed by atoms with Gasteiger partial charge in [-0.1, -0.05) is 22.6 Å². The van der Waals surface area contributed by atoms with E-state index in [9.17, 15) is 0 Å². The van der Waals surface area contributed by atoms with E-state index in [-0.39, 0.29) is 0 Å². The molecule has 1 N–H and O–H groups in total. The van der Waals surface area contributed by atoms with Gasteiger partial charge in [-0.05, 0) is 16.6 Å². The minimum Gasteiger partial charge on any atom is -0.308 e. The van der Waals surface area contributed by atoms with Crippen molar-refractivity contribution in [2.24, 2.45) is 0 Å². The molecule has 0 bridgehead atoms. The molecule has 34 valence electrons. The van der Waals surface area contributed by atoms with E-state index < -0.39 is 0 Å². The van der Waals surface area contributed by atoms with Crippen molar-refractivity contribution in [3.63, 3.8) is 0 Å². The molecule has 0 rings (SSSR count). The van der Waals surface area contributed by atoms with Crippen LogP contribution >= 0.6 is 22.6 Å². The Morgan fingerprint density at radius 3 is 2.33 bits per heavy atom. The van der Waals surface area contributed by atoms with E-state index in [1.54, 1.807) is 0 Å². The van der Waals surface area contributed by atoms with Gasteiger partial charge in [0.2, 0.25) is 0 Å². The molecular formula is C4H6IN. The van der Waals surface area contributed by atoms with Gasteiger partial charge in [0.25, 0.3) is 0 Å². The number of nitrogens with one attached hydrogen (secondary N) is 1. The van der Waals surface area contributed by atoms with Gasteiger partial charge in [-0.3, -0.25) is 0 Å². The van der Waals surface area contributed by atoms with Crippen LogP contribution in [0.2, 0.25) is 0 Å². The van der Waals surface area contributed by atoms with Crippen molar-refractivity contribution in [1.29, 1.82) is 5.41 Å². The Morgan fingerprint density at radius 2 is 2.33 bits per heavy atom. The molecule has 0 saturated heterocycles. The van der Waals surface area contributed by atoms with Gasteiger partial charge >= 0.3 is 0 Å². The van der Waals surface area contributed by atoms with Crippen molar-refractivity contribution in [3.8, 4) is 0 Å². The summed E-state index contributed by atoms with van der Waals surface area (Å²) in [7, 11) is 0. The molecule has 0 radical (unpaired) electrons. The lowest BCUT2D eigenvalue weighted by Crippen LogP contribution is -1.66. The summed E-state index contributed by atoms with van der Waals surface area (Å²) in [5, 5.41) is 6.61. The summed E-state index contributed by atoms with van der Waals surface area (Å²) in [6.07, 6.45) is 1.33.